The summed E-state index contributed by atoms with van der Waals surface area (Å²) in [6.45, 7) is 5.31. The predicted octanol–water partition coefficient (Wildman–Crippen LogP) is 1.32. The molecule has 2 bridgehead atoms. The molecule has 3 aliphatic rings. The van der Waals surface area contributed by atoms with Crippen LogP contribution in [0, 0.1) is 17.3 Å². The lowest BCUT2D eigenvalue weighted by atomic mass is 9.43. The average molecular weight is 186 g/mol. The van der Waals surface area contributed by atoms with Crippen molar-refractivity contribution in [2.75, 3.05) is 0 Å². The molecule has 4 unspecified atom stereocenters. The highest BCUT2D eigenvalue weighted by molar-refractivity contribution is 5.93. The van der Waals surface area contributed by atoms with Crippen LogP contribution in [0.4, 0.5) is 4.39 Å². The van der Waals surface area contributed by atoms with Gasteiger partial charge in [-0.05, 0) is 18.8 Å². The second-order valence-electron chi connectivity index (χ2n) is 5.13. The van der Waals surface area contributed by atoms with Crippen molar-refractivity contribution in [3.63, 3.8) is 0 Å². The smallest absolute Gasteiger partial charge is 0.198 e. The Morgan fingerprint density at radius 3 is 2.38 bits per heavy atom. The van der Waals surface area contributed by atoms with Crippen LogP contribution in [0.15, 0.2) is 0 Å². The molecule has 74 valence electrons. The maximum atomic E-state index is 13.5. The Hall–Kier alpha value is -0.440. The maximum absolute atomic E-state index is 13.5. The molecule has 0 aromatic rings. The van der Waals surface area contributed by atoms with Crippen LogP contribution in [0.5, 0.6) is 0 Å². The fraction of sp³-hybridized carbons (Fsp3) is 0.900. The zero-order chi connectivity index (χ0) is 10.0. The summed E-state index contributed by atoms with van der Waals surface area (Å²) < 4.78 is 13.5. The summed E-state index contributed by atoms with van der Waals surface area (Å²) in [6, 6.07) is 0. The lowest BCUT2D eigenvalue weighted by Gasteiger charge is -2.62. The minimum absolute atomic E-state index is 0.0653. The zero-order valence-electron chi connectivity index (χ0n) is 8.17. The molecule has 3 rings (SSSR count). The predicted molar refractivity (Wildman–Crippen MR) is 45.9 cm³/mol. The topological polar surface area (TPSA) is 37.3 Å². The SMILES string of the molecule is CC1(O)C(=O)C(F)C2CC1C2(C)C. The van der Waals surface area contributed by atoms with E-state index < -0.39 is 17.6 Å². The number of hydrogen-bond donors (Lipinski definition) is 1. The summed E-state index contributed by atoms with van der Waals surface area (Å²) >= 11 is 0. The second kappa shape index (κ2) is 2.14. The molecule has 0 aromatic heterocycles. The van der Waals surface area contributed by atoms with Gasteiger partial charge in [-0.15, -0.1) is 0 Å². The van der Waals surface area contributed by atoms with Gasteiger partial charge in [0.1, 0.15) is 5.60 Å². The van der Waals surface area contributed by atoms with E-state index in [1.807, 2.05) is 13.8 Å². The molecule has 3 heteroatoms. The Balaban J connectivity index is 2.39. The molecule has 0 saturated heterocycles. The Bertz CT molecular complexity index is 270. The quantitative estimate of drug-likeness (QED) is 0.619. The van der Waals surface area contributed by atoms with Crippen molar-refractivity contribution >= 4 is 5.78 Å². The normalized spacial score (nSPS) is 53.0. The highest BCUT2D eigenvalue weighted by Crippen LogP contribution is 2.62. The van der Waals surface area contributed by atoms with Crippen molar-refractivity contribution in [1.29, 1.82) is 0 Å². The van der Waals surface area contributed by atoms with E-state index >= 15 is 0 Å². The monoisotopic (exact) mass is 186 g/mol. The highest BCUT2D eigenvalue weighted by Gasteiger charge is 2.67. The third-order valence-corrected chi connectivity index (χ3v) is 4.12. The summed E-state index contributed by atoms with van der Waals surface area (Å²) in [7, 11) is 0. The van der Waals surface area contributed by atoms with Gasteiger partial charge in [0.15, 0.2) is 12.0 Å². The summed E-state index contributed by atoms with van der Waals surface area (Å²) in [5, 5.41) is 9.87. The number of rotatable bonds is 0. The van der Waals surface area contributed by atoms with Crippen molar-refractivity contribution in [2.24, 2.45) is 17.3 Å². The van der Waals surface area contributed by atoms with Crippen LogP contribution in [0.2, 0.25) is 0 Å². The molecule has 0 radical (unpaired) electrons. The van der Waals surface area contributed by atoms with Crippen molar-refractivity contribution in [1.82, 2.24) is 0 Å². The van der Waals surface area contributed by atoms with Gasteiger partial charge in [0.05, 0.1) is 0 Å². The van der Waals surface area contributed by atoms with E-state index in [9.17, 15) is 14.3 Å². The number of halogens is 1. The van der Waals surface area contributed by atoms with E-state index in [2.05, 4.69) is 0 Å². The van der Waals surface area contributed by atoms with Gasteiger partial charge >= 0.3 is 0 Å². The van der Waals surface area contributed by atoms with E-state index in [0.29, 0.717) is 6.42 Å². The van der Waals surface area contributed by atoms with Gasteiger partial charge in [-0.1, -0.05) is 13.8 Å². The van der Waals surface area contributed by atoms with Crippen molar-refractivity contribution < 1.29 is 14.3 Å². The third-order valence-electron chi connectivity index (χ3n) is 4.12. The summed E-state index contributed by atoms with van der Waals surface area (Å²) in [5.41, 5.74) is -1.67. The fourth-order valence-corrected chi connectivity index (χ4v) is 3.04. The number of carbonyl (C=O) groups excluding carboxylic acids is 1. The van der Waals surface area contributed by atoms with Crippen LogP contribution < -0.4 is 0 Å². The first-order valence-corrected chi connectivity index (χ1v) is 4.70. The summed E-state index contributed by atoms with van der Waals surface area (Å²) in [6.07, 6.45) is -0.817. The molecule has 0 amide bonds. The number of carbonyl (C=O) groups is 1. The number of alkyl halides is 1. The minimum Gasteiger partial charge on any atom is -0.382 e. The molecule has 4 atom stereocenters. The lowest BCUT2D eigenvalue weighted by Crippen LogP contribution is -2.69. The van der Waals surface area contributed by atoms with Gasteiger partial charge in [-0.2, -0.15) is 0 Å². The average Bonchev–Trinajstić information content (AvgIpc) is 1.98. The number of ketones is 1. The summed E-state index contributed by atoms with van der Waals surface area (Å²) in [5.74, 6) is -0.859. The Morgan fingerprint density at radius 2 is 2.00 bits per heavy atom. The first-order chi connectivity index (χ1) is 5.79. The molecular formula is C10H15FO2. The third kappa shape index (κ3) is 0.836. The van der Waals surface area contributed by atoms with Gasteiger partial charge in [0, 0.05) is 11.8 Å². The van der Waals surface area contributed by atoms with E-state index in [-0.39, 0.29) is 17.3 Å². The first-order valence-electron chi connectivity index (χ1n) is 4.70. The number of aliphatic hydroxyl groups is 1. The van der Waals surface area contributed by atoms with Gasteiger partial charge in [0.2, 0.25) is 0 Å². The van der Waals surface area contributed by atoms with E-state index in [1.54, 1.807) is 0 Å². The first kappa shape index (κ1) is 9.13. The van der Waals surface area contributed by atoms with E-state index in [0.717, 1.165) is 0 Å². The molecule has 13 heavy (non-hydrogen) atoms. The molecule has 0 spiro atoms. The van der Waals surface area contributed by atoms with Crippen LogP contribution in [0.25, 0.3) is 0 Å². The molecule has 0 heterocycles. The van der Waals surface area contributed by atoms with Gasteiger partial charge < -0.3 is 5.11 Å². The molecule has 2 nitrogen and oxygen atoms in total. The van der Waals surface area contributed by atoms with Crippen LogP contribution in [0.1, 0.15) is 27.2 Å². The van der Waals surface area contributed by atoms with Crippen LogP contribution >= 0.6 is 0 Å². The van der Waals surface area contributed by atoms with E-state index in [1.165, 1.54) is 6.92 Å². The van der Waals surface area contributed by atoms with Crippen molar-refractivity contribution in [2.45, 2.75) is 39.0 Å². The molecule has 3 aliphatic carbocycles. The molecule has 1 N–H and O–H groups in total. The van der Waals surface area contributed by atoms with Gasteiger partial charge in [-0.3, -0.25) is 4.79 Å². The van der Waals surface area contributed by atoms with Gasteiger partial charge in [-0.25, -0.2) is 4.39 Å². The maximum Gasteiger partial charge on any atom is 0.198 e. The highest BCUT2D eigenvalue weighted by atomic mass is 19.1. The number of Topliss-reactive ketones (excluding diaryl/α,β-unsaturated/α-hetero) is 1. The van der Waals surface area contributed by atoms with Crippen molar-refractivity contribution in [3.05, 3.63) is 0 Å². The molecule has 0 aromatic carbocycles. The Labute approximate surface area is 77.1 Å². The van der Waals surface area contributed by atoms with Gasteiger partial charge in [0.25, 0.3) is 0 Å². The summed E-state index contributed by atoms with van der Waals surface area (Å²) in [4.78, 5) is 11.4. The molecular weight excluding hydrogens is 171 g/mol. The van der Waals surface area contributed by atoms with Crippen LogP contribution in [0.3, 0.4) is 0 Å². The molecule has 3 fully saturated rings. The largest absolute Gasteiger partial charge is 0.382 e. The van der Waals surface area contributed by atoms with Crippen LogP contribution in [-0.2, 0) is 4.79 Å². The lowest BCUT2D eigenvalue weighted by molar-refractivity contribution is -0.214. The number of hydrogen-bond acceptors (Lipinski definition) is 2. The Morgan fingerprint density at radius 1 is 1.46 bits per heavy atom. The molecule has 3 saturated carbocycles. The fourth-order valence-electron chi connectivity index (χ4n) is 3.04. The Kier molecular flexibility index (Phi) is 1.50. The standard InChI is InChI=1S/C10H15FO2/c1-9(2)5-4-6(9)10(3,13)8(12)7(5)11/h5-7,13H,4H2,1-3H3. The van der Waals surface area contributed by atoms with Crippen molar-refractivity contribution in [3.8, 4) is 0 Å². The zero-order valence-corrected chi connectivity index (χ0v) is 8.17. The van der Waals surface area contributed by atoms with E-state index in [4.69, 9.17) is 0 Å². The molecule has 0 aliphatic heterocycles. The minimum atomic E-state index is -1.46. The van der Waals surface area contributed by atoms with Crippen LogP contribution in [-0.4, -0.2) is 22.7 Å². The second-order valence-corrected chi connectivity index (χ2v) is 5.13. The number of fused-ring (bicyclic) bond motifs is 2.